The zero-order valence-corrected chi connectivity index (χ0v) is 12.6. The van der Waals surface area contributed by atoms with E-state index in [1.54, 1.807) is 0 Å². The molecule has 2 bridgehead atoms. The highest BCUT2D eigenvalue weighted by Crippen LogP contribution is 2.68. The zero-order chi connectivity index (χ0) is 15.2. The molecule has 1 aromatic rings. The summed E-state index contributed by atoms with van der Waals surface area (Å²) in [5.41, 5.74) is 0.406. The van der Waals surface area contributed by atoms with Crippen LogP contribution >= 0.6 is 11.6 Å². The first-order valence-electron chi connectivity index (χ1n) is 7.91. The van der Waals surface area contributed by atoms with Gasteiger partial charge in [0.2, 0.25) is 11.8 Å². The Labute approximate surface area is 132 Å². The van der Waals surface area contributed by atoms with E-state index in [4.69, 9.17) is 11.6 Å². The van der Waals surface area contributed by atoms with Crippen molar-refractivity contribution in [3.8, 4) is 0 Å². The maximum atomic E-state index is 13.3. The van der Waals surface area contributed by atoms with Gasteiger partial charge in [-0.05, 0) is 61.1 Å². The Morgan fingerprint density at radius 3 is 2.14 bits per heavy atom. The summed E-state index contributed by atoms with van der Waals surface area (Å²) in [4.78, 5) is 27.0. The third kappa shape index (κ3) is 1.47. The number of benzene rings is 1. The normalized spacial score (nSPS) is 41.6. The maximum absolute atomic E-state index is 13.3. The number of nitrogens with zero attached hydrogens (tertiary/aromatic N) is 1. The van der Waals surface area contributed by atoms with Gasteiger partial charge < -0.3 is 0 Å². The number of carbonyl (C=O) groups excluding carboxylic acids is 2. The Balaban J connectivity index is 1.57. The van der Waals surface area contributed by atoms with Crippen LogP contribution in [-0.2, 0) is 9.59 Å². The monoisotopic (exact) mass is 319 g/mol. The number of fused-ring (bicyclic) bond motifs is 1. The van der Waals surface area contributed by atoms with Gasteiger partial charge >= 0.3 is 0 Å². The minimum Gasteiger partial charge on any atom is -0.274 e. The van der Waals surface area contributed by atoms with Crippen LogP contribution in [0.3, 0.4) is 0 Å². The van der Waals surface area contributed by atoms with Crippen LogP contribution in [0.25, 0.3) is 0 Å². The highest BCUT2D eigenvalue weighted by atomic mass is 35.5. The molecule has 1 heterocycles. The number of rotatable bonds is 1. The van der Waals surface area contributed by atoms with Gasteiger partial charge in [0, 0.05) is 0 Å². The topological polar surface area (TPSA) is 37.4 Å². The molecule has 0 unspecified atom stereocenters. The molecule has 0 spiro atoms. The van der Waals surface area contributed by atoms with Crippen molar-refractivity contribution in [2.75, 3.05) is 4.90 Å². The van der Waals surface area contributed by atoms with E-state index in [0.29, 0.717) is 29.4 Å². The van der Waals surface area contributed by atoms with Crippen LogP contribution in [0.4, 0.5) is 10.1 Å². The van der Waals surface area contributed by atoms with Crippen molar-refractivity contribution >= 4 is 29.1 Å². The van der Waals surface area contributed by atoms with Gasteiger partial charge in [0.05, 0.1) is 22.5 Å². The Hall–Kier alpha value is -1.42. The van der Waals surface area contributed by atoms with E-state index in [9.17, 15) is 14.0 Å². The SMILES string of the molecule is O=C1[C@@H]2[C@@H]3CC[C@@H]([C@@H]4C[C@@H]43)[C@@H]2C(=O)N1c1ccc(F)c(Cl)c1. The molecule has 0 aromatic heterocycles. The standard InChI is InChI=1S/C17H15ClFNO2/c18-12-5-7(1-4-13(12)19)20-16(21)14-8-2-3-9(11-6-10(8)11)15(14)17(20)22/h1,4-5,8-11,14-15H,2-3,6H2/t8-,9+,10-,11+,14-,15+. The zero-order valence-electron chi connectivity index (χ0n) is 11.8. The fraction of sp³-hybridized carbons (Fsp3) is 0.529. The Morgan fingerprint density at radius 1 is 1.00 bits per heavy atom. The fourth-order valence-corrected chi connectivity index (χ4v) is 5.59. The van der Waals surface area contributed by atoms with Crippen molar-refractivity contribution in [2.24, 2.45) is 35.5 Å². The largest absolute Gasteiger partial charge is 0.274 e. The third-order valence-electron chi connectivity index (χ3n) is 6.31. The summed E-state index contributed by atoms with van der Waals surface area (Å²) in [6.45, 7) is 0. The molecule has 1 aromatic carbocycles. The average Bonchev–Trinajstić information content (AvgIpc) is 3.28. The van der Waals surface area contributed by atoms with E-state index in [2.05, 4.69) is 0 Å². The third-order valence-corrected chi connectivity index (χ3v) is 6.60. The summed E-state index contributed by atoms with van der Waals surface area (Å²) in [6.07, 6.45) is 3.35. The predicted octanol–water partition coefficient (Wildman–Crippen LogP) is 3.26. The second-order valence-electron chi connectivity index (χ2n) is 7.13. The van der Waals surface area contributed by atoms with Crippen LogP contribution in [0.1, 0.15) is 19.3 Å². The average molecular weight is 320 g/mol. The fourth-order valence-electron chi connectivity index (χ4n) is 5.42. The van der Waals surface area contributed by atoms with E-state index >= 15 is 0 Å². The molecule has 1 saturated heterocycles. The van der Waals surface area contributed by atoms with Crippen molar-refractivity contribution in [3.63, 3.8) is 0 Å². The molecule has 4 aliphatic carbocycles. The summed E-state index contributed by atoms with van der Waals surface area (Å²) >= 11 is 5.82. The van der Waals surface area contributed by atoms with Crippen molar-refractivity contribution < 1.29 is 14.0 Å². The second kappa shape index (κ2) is 4.10. The Morgan fingerprint density at radius 2 is 1.59 bits per heavy atom. The molecule has 0 N–H and O–H groups in total. The van der Waals surface area contributed by atoms with Gasteiger partial charge in [-0.3, -0.25) is 9.59 Å². The van der Waals surface area contributed by atoms with Gasteiger partial charge in [0.1, 0.15) is 5.82 Å². The molecule has 5 heteroatoms. The first kappa shape index (κ1) is 13.1. The van der Waals surface area contributed by atoms with Crippen LogP contribution in [0.15, 0.2) is 18.2 Å². The molecule has 1 aliphatic heterocycles. The quantitative estimate of drug-likeness (QED) is 0.745. The van der Waals surface area contributed by atoms with E-state index in [1.807, 2.05) is 0 Å². The van der Waals surface area contributed by atoms with E-state index in [-0.39, 0.29) is 28.7 Å². The number of halogens is 2. The Bertz CT molecular complexity index is 687. The van der Waals surface area contributed by atoms with E-state index < -0.39 is 5.82 Å². The summed E-state index contributed by atoms with van der Waals surface area (Å²) in [5, 5.41) is -0.0567. The summed E-state index contributed by atoms with van der Waals surface area (Å²) < 4.78 is 13.3. The molecule has 4 saturated carbocycles. The van der Waals surface area contributed by atoms with E-state index in [1.165, 1.54) is 29.5 Å². The van der Waals surface area contributed by atoms with Crippen molar-refractivity contribution in [1.82, 2.24) is 0 Å². The lowest BCUT2D eigenvalue weighted by Crippen LogP contribution is -2.43. The molecule has 114 valence electrons. The number of carbonyl (C=O) groups is 2. The molecule has 3 nitrogen and oxygen atoms in total. The highest BCUT2D eigenvalue weighted by molar-refractivity contribution is 6.31. The van der Waals surface area contributed by atoms with E-state index in [0.717, 1.165) is 12.8 Å². The Kier molecular flexibility index (Phi) is 2.44. The summed E-state index contributed by atoms with van der Waals surface area (Å²) in [5.74, 6) is 1.02. The molecule has 2 amide bonds. The summed E-state index contributed by atoms with van der Waals surface area (Å²) in [6, 6.07) is 4.07. The molecule has 6 atom stereocenters. The summed E-state index contributed by atoms with van der Waals surface area (Å²) in [7, 11) is 0. The second-order valence-corrected chi connectivity index (χ2v) is 7.54. The first-order chi connectivity index (χ1) is 10.6. The van der Waals surface area contributed by atoms with Gasteiger partial charge in [-0.15, -0.1) is 0 Å². The smallest absolute Gasteiger partial charge is 0.237 e. The minimum atomic E-state index is -0.539. The van der Waals surface area contributed by atoms with Crippen LogP contribution in [0, 0.1) is 41.3 Å². The molecule has 5 aliphatic rings. The number of hydrogen-bond donors (Lipinski definition) is 0. The molecule has 0 radical (unpaired) electrons. The molecular weight excluding hydrogens is 305 g/mol. The van der Waals surface area contributed by atoms with Gasteiger partial charge in [-0.25, -0.2) is 9.29 Å². The molecule has 22 heavy (non-hydrogen) atoms. The predicted molar refractivity (Wildman–Crippen MR) is 78.7 cm³/mol. The lowest BCUT2D eigenvalue weighted by molar-refractivity contribution is -0.129. The van der Waals surface area contributed by atoms with Gasteiger partial charge in [-0.2, -0.15) is 0 Å². The van der Waals surface area contributed by atoms with Crippen molar-refractivity contribution in [1.29, 1.82) is 0 Å². The van der Waals surface area contributed by atoms with Crippen LogP contribution in [0.5, 0.6) is 0 Å². The molecule has 6 rings (SSSR count). The van der Waals surface area contributed by atoms with Crippen LogP contribution < -0.4 is 4.90 Å². The highest BCUT2D eigenvalue weighted by Gasteiger charge is 2.68. The van der Waals surface area contributed by atoms with Crippen LogP contribution in [0.2, 0.25) is 5.02 Å². The van der Waals surface area contributed by atoms with Crippen molar-refractivity contribution in [2.45, 2.75) is 19.3 Å². The molecular formula is C17H15ClFNO2. The van der Waals surface area contributed by atoms with Crippen molar-refractivity contribution in [3.05, 3.63) is 29.0 Å². The van der Waals surface area contributed by atoms with Gasteiger partial charge in [-0.1, -0.05) is 11.6 Å². The first-order valence-corrected chi connectivity index (χ1v) is 8.28. The molecule has 5 fully saturated rings. The number of imide groups is 1. The lowest BCUT2D eigenvalue weighted by Gasteiger charge is -2.42. The number of hydrogen-bond acceptors (Lipinski definition) is 2. The van der Waals surface area contributed by atoms with Gasteiger partial charge in [0.25, 0.3) is 0 Å². The number of anilines is 1. The van der Waals surface area contributed by atoms with Gasteiger partial charge in [0.15, 0.2) is 0 Å². The minimum absolute atomic E-state index is 0.0567. The van der Waals surface area contributed by atoms with Crippen LogP contribution in [-0.4, -0.2) is 11.8 Å². The lowest BCUT2D eigenvalue weighted by atomic mass is 9.59. The maximum Gasteiger partial charge on any atom is 0.237 e. The number of amides is 2.